The number of nitrogens with zero attached hydrogens (tertiary/aromatic N) is 2. The predicted octanol–water partition coefficient (Wildman–Crippen LogP) is 3.82. The SMILES string of the molecule is Cc1c(NC(=O)COC(=O)c2csc(-c3ccccc3)n2)cccc1[N+](=O)[O-]. The van der Waals surface area contributed by atoms with Crippen molar-refractivity contribution in [2.75, 3.05) is 11.9 Å². The van der Waals surface area contributed by atoms with Crippen LogP contribution in [0.15, 0.2) is 53.9 Å². The highest BCUT2D eigenvalue weighted by molar-refractivity contribution is 7.13. The number of aromatic nitrogens is 1. The van der Waals surface area contributed by atoms with Gasteiger partial charge in [0.05, 0.1) is 16.2 Å². The van der Waals surface area contributed by atoms with E-state index >= 15 is 0 Å². The van der Waals surface area contributed by atoms with E-state index in [4.69, 9.17) is 4.74 Å². The topological polar surface area (TPSA) is 111 Å². The fraction of sp³-hybridized carbons (Fsp3) is 0.105. The number of amides is 1. The molecule has 1 N–H and O–H groups in total. The number of ether oxygens (including phenoxy) is 1. The Kier molecular flexibility index (Phi) is 5.75. The van der Waals surface area contributed by atoms with Gasteiger partial charge in [-0.25, -0.2) is 9.78 Å². The maximum absolute atomic E-state index is 12.1. The number of hydrogen-bond donors (Lipinski definition) is 1. The predicted molar refractivity (Wildman–Crippen MR) is 104 cm³/mol. The van der Waals surface area contributed by atoms with E-state index in [2.05, 4.69) is 10.3 Å². The lowest BCUT2D eigenvalue weighted by Gasteiger charge is -2.08. The number of esters is 1. The van der Waals surface area contributed by atoms with Crippen molar-refractivity contribution in [3.63, 3.8) is 0 Å². The minimum absolute atomic E-state index is 0.106. The van der Waals surface area contributed by atoms with Crippen molar-refractivity contribution in [3.8, 4) is 10.6 Å². The molecule has 3 aromatic rings. The molecule has 0 bridgehead atoms. The van der Waals surface area contributed by atoms with Crippen LogP contribution in [0.5, 0.6) is 0 Å². The number of nitro groups is 1. The highest BCUT2D eigenvalue weighted by Crippen LogP contribution is 2.25. The Labute approximate surface area is 164 Å². The van der Waals surface area contributed by atoms with Crippen molar-refractivity contribution in [2.24, 2.45) is 0 Å². The number of carbonyl (C=O) groups excluding carboxylic acids is 2. The largest absolute Gasteiger partial charge is 0.451 e. The maximum Gasteiger partial charge on any atom is 0.358 e. The molecule has 0 aliphatic heterocycles. The summed E-state index contributed by atoms with van der Waals surface area (Å²) in [5.41, 5.74) is 1.49. The van der Waals surface area contributed by atoms with Gasteiger partial charge >= 0.3 is 5.97 Å². The summed E-state index contributed by atoms with van der Waals surface area (Å²) in [5.74, 6) is -1.32. The molecule has 1 heterocycles. The number of benzene rings is 2. The van der Waals surface area contributed by atoms with Crippen molar-refractivity contribution in [3.05, 3.63) is 75.3 Å². The molecule has 2 aromatic carbocycles. The molecule has 0 aliphatic rings. The summed E-state index contributed by atoms with van der Waals surface area (Å²) in [6.07, 6.45) is 0. The monoisotopic (exact) mass is 397 g/mol. The van der Waals surface area contributed by atoms with Crippen molar-refractivity contribution in [2.45, 2.75) is 6.92 Å². The summed E-state index contributed by atoms with van der Waals surface area (Å²) < 4.78 is 4.99. The lowest BCUT2D eigenvalue weighted by Crippen LogP contribution is -2.21. The molecule has 0 spiro atoms. The third kappa shape index (κ3) is 4.38. The summed E-state index contributed by atoms with van der Waals surface area (Å²) >= 11 is 1.30. The Morgan fingerprint density at radius 2 is 1.93 bits per heavy atom. The molecule has 0 atom stereocenters. The number of anilines is 1. The lowest BCUT2D eigenvalue weighted by molar-refractivity contribution is -0.385. The molecule has 142 valence electrons. The van der Waals surface area contributed by atoms with E-state index in [1.54, 1.807) is 5.38 Å². The van der Waals surface area contributed by atoms with E-state index in [0.717, 1.165) is 5.56 Å². The van der Waals surface area contributed by atoms with Gasteiger partial charge in [0.2, 0.25) is 0 Å². The van der Waals surface area contributed by atoms with E-state index < -0.39 is 23.4 Å². The van der Waals surface area contributed by atoms with Gasteiger partial charge in [-0.2, -0.15) is 0 Å². The van der Waals surface area contributed by atoms with Crippen LogP contribution >= 0.6 is 11.3 Å². The van der Waals surface area contributed by atoms with Gasteiger partial charge in [-0.1, -0.05) is 36.4 Å². The van der Waals surface area contributed by atoms with E-state index in [0.29, 0.717) is 10.6 Å². The lowest BCUT2D eigenvalue weighted by atomic mass is 10.1. The summed E-state index contributed by atoms with van der Waals surface area (Å²) in [5, 5.41) is 15.7. The second-order valence-electron chi connectivity index (χ2n) is 5.74. The molecule has 0 saturated heterocycles. The third-order valence-electron chi connectivity index (χ3n) is 3.84. The van der Waals surface area contributed by atoms with Gasteiger partial charge in [0.15, 0.2) is 12.3 Å². The molecule has 0 fully saturated rings. The van der Waals surface area contributed by atoms with Crippen molar-refractivity contribution in [1.82, 2.24) is 4.98 Å². The first-order valence-corrected chi connectivity index (χ1v) is 9.05. The zero-order chi connectivity index (χ0) is 20.1. The molecule has 28 heavy (non-hydrogen) atoms. The van der Waals surface area contributed by atoms with Crippen molar-refractivity contribution < 1.29 is 19.2 Å². The van der Waals surface area contributed by atoms with Crippen LogP contribution in [-0.4, -0.2) is 28.4 Å². The van der Waals surface area contributed by atoms with Gasteiger partial charge in [-0.15, -0.1) is 11.3 Å². The van der Waals surface area contributed by atoms with Crippen LogP contribution in [0.25, 0.3) is 10.6 Å². The fourth-order valence-corrected chi connectivity index (χ4v) is 3.22. The summed E-state index contributed by atoms with van der Waals surface area (Å²) in [6, 6.07) is 13.7. The van der Waals surface area contributed by atoms with E-state index in [1.165, 1.54) is 36.5 Å². The van der Waals surface area contributed by atoms with Crippen molar-refractivity contribution >= 4 is 34.6 Å². The van der Waals surface area contributed by atoms with E-state index in [9.17, 15) is 19.7 Å². The fourth-order valence-electron chi connectivity index (χ4n) is 2.43. The Morgan fingerprint density at radius 3 is 2.64 bits per heavy atom. The average molecular weight is 397 g/mol. The van der Waals surface area contributed by atoms with Crippen LogP contribution in [0.4, 0.5) is 11.4 Å². The number of nitrogens with one attached hydrogen (secondary N) is 1. The molecular weight excluding hydrogens is 382 g/mol. The zero-order valence-electron chi connectivity index (χ0n) is 14.7. The maximum atomic E-state index is 12.1. The molecule has 1 aromatic heterocycles. The van der Waals surface area contributed by atoms with Gasteiger partial charge < -0.3 is 10.1 Å². The number of rotatable bonds is 6. The number of hydrogen-bond acceptors (Lipinski definition) is 7. The van der Waals surface area contributed by atoms with Gasteiger partial charge in [0.25, 0.3) is 11.6 Å². The second kappa shape index (κ2) is 8.40. The van der Waals surface area contributed by atoms with Crippen molar-refractivity contribution in [1.29, 1.82) is 0 Å². The van der Waals surface area contributed by atoms with Crippen LogP contribution in [0.2, 0.25) is 0 Å². The first-order chi connectivity index (χ1) is 13.5. The molecule has 1 amide bonds. The third-order valence-corrected chi connectivity index (χ3v) is 4.74. The Bertz CT molecular complexity index is 1030. The molecule has 0 saturated carbocycles. The van der Waals surface area contributed by atoms with Gasteiger partial charge in [-0.3, -0.25) is 14.9 Å². The standard InChI is InChI=1S/C19H15N3O5S/c1-12-14(8-5-9-16(12)22(25)26)20-17(23)10-27-19(24)15-11-28-18(21-15)13-6-3-2-4-7-13/h2-9,11H,10H2,1H3,(H,20,23). The smallest absolute Gasteiger partial charge is 0.358 e. The second-order valence-corrected chi connectivity index (χ2v) is 6.59. The number of carbonyl (C=O) groups is 2. The van der Waals surface area contributed by atoms with Crippen LogP contribution in [0, 0.1) is 17.0 Å². The van der Waals surface area contributed by atoms with E-state index in [-0.39, 0.29) is 17.1 Å². The molecule has 3 rings (SSSR count). The van der Waals surface area contributed by atoms with Crippen LogP contribution < -0.4 is 5.32 Å². The highest BCUT2D eigenvalue weighted by Gasteiger charge is 2.17. The normalized spacial score (nSPS) is 10.3. The minimum atomic E-state index is -0.718. The molecule has 0 unspecified atom stereocenters. The van der Waals surface area contributed by atoms with Gasteiger partial charge in [0, 0.05) is 17.0 Å². The van der Waals surface area contributed by atoms with Crippen LogP contribution in [0.3, 0.4) is 0 Å². The van der Waals surface area contributed by atoms with Crippen LogP contribution in [0.1, 0.15) is 16.1 Å². The first-order valence-electron chi connectivity index (χ1n) is 8.17. The molecular formula is C19H15N3O5S. The Morgan fingerprint density at radius 1 is 1.18 bits per heavy atom. The molecule has 9 heteroatoms. The van der Waals surface area contributed by atoms with Crippen LogP contribution in [-0.2, 0) is 9.53 Å². The van der Waals surface area contributed by atoms with Gasteiger partial charge in [0.1, 0.15) is 5.01 Å². The van der Waals surface area contributed by atoms with Gasteiger partial charge in [-0.05, 0) is 13.0 Å². The molecule has 8 nitrogen and oxygen atoms in total. The molecule has 0 aliphatic carbocycles. The zero-order valence-corrected chi connectivity index (χ0v) is 15.6. The summed E-state index contributed by atoms with van der Waals surface area (Å²) in [7, 11) is 0. The Balaban J connectivity index is 1.59. The Hall–Kier alpha value is -3.59. The number of thiazole rings is 1. The molecule has 0 radical (unpaired) electrons. The highest BCUT2D eigenvalue weighted by atomic mass is 32.1. The summed E-state index contributed by atoms with van der Waals surface area (Å²) in [4.78, 5) is 38.8. The average Bonchev–Trinajstić information content (AvgIpc) is 3.18. The number of nitro benzene ring substituents is 1. The summed E-state index contributed by atoms with van der Waals surface area (Å²) in [6.45, 7) is 0.999. The minimum Gasteiger partial charge on any atom is -0.451 e. The first kappa shape index (κ1) is 19.2. The quantitative estimate of drug-likeness (QED) is 0.384. The van der Waals surface area contributed by atoms with E-state index in [1.807, 2.05) is 30.3 Å².